The molecule has 2 aliphatic carbocycles. The molecule has 2 fully saturated rings. The van der Waals surface area contributed by atoms with Gasteiger partial charge in [0.2, 0.25) is 0 Å². The van der Waals surface area contributed by atoms with Crippen LogP contribution in [0.1, 0.15) is 71.1 Å². The van der Waals surface area contributed by atoms with Crippen LogP contribution in [0.15, 0.2) is 11.3 Å². The Kier molecular flexibility index (Phi) is 5.55. The first-order valence-corrected chi connectivity index (χ1v) is 7.77. The first-order chi connectivity index (χ1) is 9.25. The number of hydrogen-bond acceptors (Lipinski definition) is 2. The zero-order chi connectivity index (χ0) is 13.5. The Labute approximate surface area is 116 Å². The molecule has 0 spiro atoms. The number of carbonyl (C=O) groups excluding carboxylic acids is 1. The van der Waals surface area contributed by atoms with Crippen LogP contribution in [0.5, 0.6) is 0 Å². The number of hydrazine groups is 1. The average molecular weight is 265 g/mol. The van der Waals surface area contributed by atoms with Crippen molar-refractivity contribution in [2.45, 2.75) is 77.2 Å². The van der Waals surface area contributed by atoms with Crippen molar-refractivity contribution in [3.05, 3.63) is 11.3 Å². The molecule has 0 heterocycles. The zero-order valence-corrected chi connectivity index (χ0v) is 12.1. The van der Waals surface area contributed by atoms with Gasteiger partial charge in [-0.3, -0.25) is 5.43 Å². The molecule has 2 rings (SSSR count). The Balaban J connectivity index is 1.70. The number of carbonyl (C=O) groups is 1. The monoisotopic (exact) mass is 265 g/mol. The fraction of sp³-hybridized carbons (Fsp3) is 0.800. The minimum absolute atomic E-state index is 0.0948. The summed E-state index contributed by atoms with van der Waals surface area (Å²) in [7, 11) is 0. The molecule has 0 aromatic rings. The molecule has 2 aliphatic rings. The Morgan fingerprint density at radius 1 is 0.947 bits per heavy atom. The van der Waals surface area contributed by atoms with Gasteiger partial charge in [-0.1, -0.05) is 25.7 Å². The Bertz CT molecular complexity index is 324. The third-order valence-corrected chi connectivity index (χ3v) is 4.29. The van der Waals surface area contributed by atoms with E-state index >= 15 is 0 Å². The molecule has 0 aromatic heterocycles. The molecule has 2 saturated carbocycles. The molecule has 0 aromatic carbocycles. The Morgan fingerprint density at radius 3 is 2.26 bits per heavy atom. The van der Waals surface area contributed by atoms with Crippen LogP contribution in [0.25, 0.3) is 0 Å². The van der Waals surface area contributed by atoms with Crippen molar-refractivity contribution < 1.29 is 4.79 Å². The van der Waals surface area contributed by atoms with Crippen molar-refractivity contribution in [3.8, 4) is 0 Å². The summed E-state index contributed by atoms with van der Waals surface area (Å²) in [6.45, 7) is 2.06. The molecular weight excluding hydrogens is 238 g/mol. The molecule has 0 saturated heterocycles. The lowest BCUT2D eigenvalue weighted by molar-refractivity contribution is 0.229. The van der Waals surface area contributed by atoms with Crippen LogP contribution in [0.2, 0.25) is 0 Å². The van der Waals surface area contributed by atoms with Gasteiger partial charge >= 0.3 is 6.03 Å². The van der Waals surface area contributed by atoms with Gasteiger partial charge in [0.25, 0.3) is 0 Å². The van der Waals surface area contributed by atoms with E-state index in [1.165, 1.54) is 56.9 Å². The summed E-state index contributed by atoms with van der Waals surface area (Å²) in [5.74, 6) is 0. The largest absolute Gasteiger partial charge is 0.334 e. The molecule has 0 radical (unpaired) electrons. The second kappa shape index (κ2) is 7.41. The number of rotatable bonds is 3. The van der Waals surface area contributed by atoms with Crippen molar-refractivity contribution in [3.63, 3.8) is 0 Å². The van der Waals surface area contributed by atoms with Crippen molar-refractivity contribution in [2.75, 3.05) is 0 Å². The predicted octanol–water partition coefficient (Wildman–Crippen LogP) is 3.36. The van der Waals surface area contributed by atoms with Gasteiger partial charge in [-0.2, -0.15) is 0 Å². The maximum atomic E-state index is 11.8. The molecule has 0 bridgehead atoms. The summed E-state index contributed by atoms with van der Waals surface area (Å²) in [6, 6.07) is 0.265. The summed E-state index contributed by atoms with van der Waals surface area (Å²) < 4.78 is 0. The first-order valence-electron chi connectivity index (χ1n) is 7.77. The van der Waals surface area contributed by atoms with E-state index in [1.807, 2.05) is 0 Å². The van der Waals surface area contributed by atoms with Gasteiger partial charge in [-0.25, -0.2) is 4.79 Å². The van der Waals surface area contributed by atoms with Crippen LogP contribution < -0.4 is 16.2 Å². The second-order valence-corrected chi connectivity index (χ2v) is 5.85. The van der Waals surface area contributed by atoms with Crippen molar-refractivity contribution in [2.24, 2.45) is 0 Å². The molecule has 0 unspecified atom stereocenters. The first kappa shape index (κ1) is 14.2. The van der Waals surface area contributed by atoms with Gasteiger partial charge in [0.1, 0.15) is 0 Å². The molecular formula is C15H27N3O. The highest BCUT2D eigenvalue weighted by Crippen LogP contribution is 2.24. The maximum Gasteiger partial charge on any atom is 0.333 e. The zero-order valence-electron chi connectivity index (χ0n) is 12.1. The second-order valence-electron chi connectivity index (χ2n) is 5.85. The molecule has 4 nitrogen and oxygen atoms in total. The number of allylic oxidation sites excluding steroid dienone is 2. The third-order valence-electron chi connectivity index (χ3n) is 4.29. The van der Waals surface area contributed by atoms with E-state index in [2.05, 4.69) is 23.1 Å². The van der Waals surface area contributed by atoms with Crippen molar-refractivity contribution in [1.29, 1.82) is 0 Å². The van der Waals surface area contributed by atoms with Gasteiger partial charge in [0.15, 0.2) is 0 Å². The molecule has 108 valence electrons. The standard InChI is InChI=1S/C15H27N3O/c1-12(13-8-4-2-5-9-13)17-18-15(19)16-14-10-6-3-7-11-14/h14,17H,2-11H2,1H3,(H2,16,18,19). The van der Waals surface area contributed by atoms with Gasteiger partial charge in [-0.05, 0) is 51.0 Å². The minimum atomic E-state index is -0.0948. The molecule has 0 atom stereocenters. The SMILES string of the molecule is CC(NNC(=O)NC1CCCCC1)=C1CCCCC1. The lowest BCUT2D eigenvalue weighted by Gasteiger charge is -2.23. The van der Waals surface area contributed by atoms with Gasteiger partial charge in [-0.15, -0.1) is 0 Å². The number of amides is 2. The molecule has 2 amide bonds. The van der Waals surface area contributed by atoms with E-state index in [1.54, 1.807) is 0 Å². The van der Waals surface area contributed by atoms with E-state index in [0.717, 1.165) is 18.5 Å². The topological polar surface area (TPSA) is 53.2 Å². The number of nitrogens with one attached hydrogen (secondary N) is 3. The van der Waals surface area contributed by atoms with Crippen LogP contribution in [0, 0.1) is 0 Å². The van der Waals surface area contributed by atoms with Crippen molar-refractivity contribution in [1.82, 2.24) is 16.2 Å². The molecule has 4 heteroatoms. The van der Waals surface area contributed by atoms with Crippen LogP contribution >= 0.6 is 0 Å². The fourth-order valence-electron chi connectivity index (χ4n) is 3.06. The highest BCUT2D eigenvalue weighted by Gasteiger charge is 2.15. The summed E-state index contributed by atoms with van der Waals surface area (Å²) in [5.41, 5.74) is 8.41. The van der Waals surface area contributed by atoms with Crippen LogP contribution in [-0.4, -0.2) is 12.1 Å². The smallest absolute Gasteiger partial charge is 0.333 e. The van der Waals surface area contributed by atoms with E-state index in [4.69, 9.17) is 0 Å². The van der Waals surface area contributed by atoms with Gasteiger partial charge in [0, 0.05) is 11.7 Å². The highest BCUT2D eigenvalue weighted by atomic mass is 16.2. The molecule has 19 heavy (non-hydrogen) atoms. The molecule has 3 N–H and O–H groups in total. The van der Waals surface area contributed by atoms with E-state index in [-0.39, 0.29) is 6.03 Å². The summed E-state index contributed by atoms with van der Waals surface area (Å²) in [5, 5.41) is 3.04. The van der Waals surface area contributed by atoms with Crippen LogP contribution in [0.4, 0.5) is 4.79 Å². The Morgan fingerprint density at radius 2 is 1.58 bits per heavy atom. The predicted molar refractivity (Wildman–Crippen MR) is 77.5 cm³/mol. The van der Waals surface area contributed by atoms with Crippen LogP contribution in [-0.2, 0) is 0 Å². The van der Waals surface area contributed by atoms with Gasteiger partial charge in [0.05, 0.1) is 0 Å². The van der Waals surface area contributed by atoms with Crippen LogP contribution in [0.3, 0.4) is 0 Å². The summed E-state index contributed by atoms with van der Waals surface area (Å²) in [6.07, 6.45) is 12.3. The lowest BCUT2D eigenvalue weighted by atomic mass is 9.94. The summed E-state index contributed by atoms with van der Waals surface area (Å²) in [4.78, 5) is 11.8. The van der Waals surface area contributed by atoms with E-state index < -0.39 is 0 Å². The minimum Gasteiger partial charge on any atom is -0.334 e. The summed E-state index contributed by atoms with van der Waals surface area (Å²) >= 11 is 0. The normalized spacial score (nSPS) is 20.8. The molecule has 0 aliphatic heterocycles. The third kappa shape index (κ3) is 4.77. The lowest BCUT2D eigenvalue weighted by Crippen LogP contribution is -2.48. The maximum absolute atomic E-state index is 11.8. The Hall–Kier alpha value is -1.19. The quantitative estimate of drug-likeness (QED) is 0.685. The number of hydrogen-bond donors (Lipinski definition) is 3. The van der Waals surface area contributed by atoms with E-state index in [0.29, 0.717) is 6.04 Å². The van der Waals surface area contributed by atoms with E-state index in [9.17, 15) is 4.79 Å². The number of urea groups is 1. The van der Waals surface area contributed by atoms with Crippen molar-refractivity contribution >= 4 is 6.03 Å². The van der Waals surface area contributed by atoms with Gasteiger partial charge < -0.3 is 10.7 Å². The highest BCUT2D eigenvalue weighted by molar-refractivity contribution is 5.73. The average Bonchev–Trinajstić information content (AvgIpc) is 2.47. The fourth-order valence-corrected chi connectivity index (χ4v) is 3.06.